The summed E-state index contributed by atoms with van der Waals surface area (Å²) in [6.45, 7) is 8.40. The van der Waals surface area contributed by atoms with Crippen LogP contribution in [0.15, 0.2) is 0 Å². The lowest BCUT2D eigenvalue weighted by Crippen LogP contribution is -2.44. The number of hydrazine groups is 1. The highest BCUT2D eigenvalue weighted by atomic mass is 16.2. The zero-order chi connectivity index (χ0) is 13.5. The van der Waals surface area contributed by atoms with Gasteiger partial charge in [0, 0.05) is 18.5 Å². The number of nitrogens with zero attached hydrogens (tertiary/aromatic N) is 1. The Morgan fingerprint density at radius 2 is 1.94 bits per heavy atom. The van der Waals surface area contributed by atoms with Gasteiger partial charge in [0.15, 0.2) is 0 Å². The molecule has 18 heavy (non-hydrogen) atoms. The van der Waals surface area contributed by atoms with Crippen LogP contribution in [0.1, 0.15) is 52.9 Å². The molecule has 3 N–H and O–H groups in total. The van der Waals surface area contributed by atoms with Gasteiger partial charge in [0.1, 0.15) is 0 Å². The molecular formula is C14H29N3O. The van der Waals surface area contributed by atoms with Crippen molar-refractivity contribution in [1.29, 1.82) is 0 Å². The molecule has 0 spiro atoms. The van der Waals surface area contributed by atoms with Gasteiger partial charge in [-0.1, -0.05) is 33.6 Å². The Hall–Kier alpha value is -0.610. The third-order valence-corrected chi connectivity index (χ3v) is 3.93. The van der Waals surface area contributed by atoms with E-state index in [1.54, 1.807) is 0 Å². The molecule has 0 aromatic rings. The van der Waals surface area contributed by atoms with Crippen molar-refractivity contribution < 1.29 is 4.79 Å². The Labute approximate surface area is 111 Å². The molecule has 0 radical (unpaired) electrons. The maximum Gasteiger partial charge on any atom is 0.237 e. The van der Waals surface area contributed by atoms with E-state index in [4.69, 9.17) is 5.84 Å². The van der Waals surface area contributed by atoms with E-state index >= 15 is 0 Å². The van der Waals surface area contributed by atoms with E-state index in [1.807, 2.05) is 6.92 Å². The lowest BCUT2D eigenvalue weighted by Gasteiger charge is -2.31. The SMILES string of the molecule is CC(C)CCN(CC(C)C(=O)NN)C1CCCC1. The van der Waals surface area contributed by atoms with Gasteiger partial charge < -0.3 is 0 Å². The first kappa shape index (κ1) is 15.4. The van der Waals surface area contributed by atoms with Crippen LogP contribution in [0, 0.1) is 11.8 Å². The second kappa shape index (κ2) is 7.74. The van der Waals surface area contributed by atoms with E-state index in [-0.39, 0.29) is 11.8 Å². The number of nitrogens with two attached hydrogens (primary N) is 1. The minimum atomic E-state index is -0.0532. The van der Waals surface area contributed by atoms with Crippen LogP contribution in [0.4, 0.5) is 0 Å². The van der Waals surface area contributed by atoms with Gasteiger partial charge in [0.2, 0.25) is 5.91 Å². The Bertz CT molecular complexity index is 249. The minimum absolute atomic E-state index is 0.0252. The summed E-state index contributed by atoms with van der Waals surface area (Å²) < 4.78 is 0. The molecule has 0 aliphatic heterocycles. The van der Waals surface area contributed by atoms with Gasteiger partial charge in [-0.2, -0.15) is 0 Å². The van der Waals surface area contributed by atoms with E-state index in [2.05, 4.69) is 24.2 Å². The van der Waals surface area contributed by atoms with E-state index in [1.165, 1.54) is 32.1 Å². The number of carbonyl (C=O) groups excluding carboxylic acids is 1. The van der Waals surface area contributed by atoms with E-state index in [9.17, 15) is 4.79 Å². The smallest absolute Gasteiger partial charge is 0.237 e. The van der Waals surface area contributed by atoms with Crippen molar-refractivity contribution in [2.75, 3.05) is 13.1 Å². The maximum absolute atomic E-state index is 11.5. The molecule has 1 fully saturated rings. The number of hydrogen-bond donors (Lipinski definition) is 2. The summed E-state index contributed by atoms with van der Waals surface area (Å²) >= 11 is 0. The second-order valence-electron chi connectivity index (χ2n) is 6.03. The molecule has 0 saturated heterocycles. The number of nitrogens with one attached hydrogen (secondary N) is 1. The quantitative estimate of drug-likeness (QED) is 0.415. The van der Waals surface area contributed by atoms with Crippen LogP contribution in [0.2, 0.25) is 0 Å². The molecule has 1 atom stereocenters. The zero-order valence-electron chi connectivity index (χ0n) is 12.1. The van der Waals surface area contributed by atoms with Gasteiger partial charge >= 0.3 is 0 Å². The topological polar surface area (TPSA) is 58.4 Å². The number of rotatable bonds is 7. The number of carbonyl (C=O) groups is 1. The lowest BCUT2D eigenvalue weighted by atomic mass is 10.1. The first-order valence-electron chi connectivity index (χ1n) is 7.29. The zero-order valence-corrected chi connectivity index (χ0v) is 12.1. The van der Waals surface area contributed by atoms with Crippen molar-refractivity contribution >= 4 is 5.91 Å². The molecule has 1 aliphatic rings. The van der Waals surface area contributed by atoms with Crippen LogP contribution in [0.5, 0.6) is 0 Å². The molecule has 0 aromatic heterocycles. The Morgan fingerprint density at radius 3 is 2.44 bits per heavy atom. The monoisotopic (exact) mass is 255 g/mol. The molecule has 106 valence electrons. The van der Waals surface area contributed by atoms with Gasteiger partial charge in [-0.3, -0.25) is 15.1 Å². The van der Waals surface area contributed by atoms with Crippen LogP contribution in [-0.2, 0) is 4.79 Å². The van der Waals surface area contributed by atoms with E-state index in [0.717, 1.165) is 13.1 Å². The second-order valence-corrected chi connectivity index (χ2v) is 6.03. The van der Waals surface area contributed by atoms with Crippen molar-refractivity contribution in [3.63, 3.8) is 0 Å². The average molecular weight is 255 g/mol. The fraction of sp³-hybridized carbons (Fsp3) is 0.929. The summed E-state index contributed by atoms with van der Waals surface area (Å²) in [5, 5.41) is 0. The number of amides is 1. The summed E-state index contributed by atoms with van der Waals surface area (Å²) in [5.41, 5.74) is 2.26. The third-order valence-electron chi connectivity index (χ3n) is 3.93. The van der Waals surface area contributed by atoms with Gasteiger partial charge in [0.25, 0.3) is 0 Å². The molecule has 1 unspecified atom stereocenters. The van der Waals surface area contributed by atoms with Crippen LogP contribution in [0.25, 0.3) is 0 Å². The van der Waals surface area contributed by atoms with Crippen molar-refractivity contribution in [2.45, 2.75) is 58.9 Å². The van der Waals surface area contributed by atoms with E-state index < -0.39 is 0 Å². The maximum atomic E-state index is 11.5. The van der Waals surface area contributed by atoms with Crippen LogP contribution < -0.4 is 11.3 Å². The van der Waals surface area contributed by atoms with Crippen molar-refractivity contribution in [3.05, 3.63) is 0 Å². The summed E-state index contributed by atoms with van der Waals surface area (Å²) in [4.78, 5) is 14.0. The Morgan fingerprint density at radius 1 is 1.33 bits per heavy atom. The lowest BCUT2D eigenvalue weighted by molar-refractivity contribution is -0.125. The first-order chi connectivity index (χ1) is 8.54. The molecule has 1 saturated carbocycles. The predicted octanol–water partition coefficient (Wildman–Crippen LogP) is 1.90. The first-order valence-corrected chi connectivity index (χ1v) is 7.29. The fourth-order valence-corrected chi connectivity index (χ4v) is 2.69. The van der Waals surface area contributed by atoms with Gasteiger partial charge in [-0.15, -0.1) is 0 Å². The highest BCUT2D eigenvalue weighted by Gasteiger charge is 2.25. The standard InChI is InChI=1S/C14H29N3O/c1-11(2)8-9-17(13-6-4-5-7-13)10-12(3)14(18)16-15/h11-13H,4-10,15H2,1-3H3,(H,16,18). The summed E-state index contributed by atoms with van der Waals surface area (Å²) in [5.74, 6) is 5.84. The van der Waals surface area contributed by atoms with Crippen LogP contribution in [0.3, 0.4) is 0 Å². The molecule has 4 heteroatoms. The molecular weight excluding hydrogens is 226 g/mol. The highest BCUT2D eigenvalue weighted by Crippen LogP contribution is 2.25. The third kappa shape index (κ3) is 4.94. The summed E-state index contributed by atoms with van der Waals surface area (Å²) in [6.07, 6.45) is 6.44. The average Bonchev–Trinajstić information content (AvgIpc) is 2.86. The number of hydrogen-bond acceptors (Lipinski definition) is 3. The predicted molar refractivity (Wildman–Crippen MR) is 74.8 cm³/mol. The molecule has 1 amide bonds. The molecule has 4 nitrogen and oxygen atoms in total. The highest BCUT2D eigenvalue weighted by molar-refractivity contribution is 5.77. The normalized spacial score (nSPS) is 18.6. The molecule has 1 rings (SSSR count). The summed E-state index contributed by atoms with van der Waals surface area (Å²) in [7, 11) is 0. The fourth-order valence-electron chi connectivity index (χ4n) is 2.69. The van der Waals surface area contributed by atoms with Crippen LogP contribution >= 0.6 is 0 Å². The van der Waals surface area contributed by atoms with Gasteiger partial charge in [0.05, 0.1) is 0 Å². The molecule has 0 bridgehead atoms. The molecule has 0 heterocycles. The van der Waals surface area contributed by atoms with E-state index in [0.29, 0.717) is 12.0 Å². The Kier molecular flexibility index (Phi) is 6.65. The largest absolute Gasteiger partial charge is 0.300 e. The molecule has 0 aromatic carbocycles. The van der Waals surface area contributed by atoms with Crippen LogP contribution in [-0.4, -0.2) is 29.9 Å². The van der Waals surface area contributed by atoms with Crippen molar-refractivity contribution in [2.24, 2.45) is 17.7 Å². The minimum Gasteiger partial charge on any atom is -0.300 e. The Balaban J connectivity index is 2.50. The van der Waals surface area contributed by atoms with Gasteiger partial charge in [-0.25, -0.2) is 5.84 Å². The molecule has 1 aliphatic carbocycles. The van der Waals surface area contributed by atoms with Gasteiger partial charge in [-0.05, 0) is 31.7 Å². The van der Waals surface area contributed by atoms with Crippen molar-refractivity contribution in [3.8, 4) is 0 Å². The summed E-state index contributed by atoms with van der Waals surface area (Å²) in [6, 6.07) is 0.678. The van der Waals surface area contributed by atoms with Crippen molar-refractivity contribution in [1.82, 2.24) is 10.3 Å².